The first-order chi connectivity index (χ1) is 11.6. The highest BCUT2D eigenvalue weighted by atomic mass is 79.9. The molecule has 2 saturated heterocycles. The zero-order valence-electron chi connectivity index (χ0n) is 14.1. The molecular formula is C18H25BrN2O3. The lowest BCUT2D eigenvalue weighted by atomic mass is 9.83. The van der Waals surface area contributed by atoms with Crippen molar-refractivity contribution in [1.29, 1.82) is 0 Å². The first-order valence-electron chi connectivity index (χ1n) is 8.69. The molecule has 0 aliphatic carbocycles. The van der Waals surface area contributed by atoms with Gasteiger partial charge in [-0.2, -0.15) is 0 Å². The van der Waals surface area contributed by atoms with E-state index in [1.54, 1.807) is 6.07 Å². The Labute approximate surface area is 151 Å². The van der Waals surface area contributed by atoms with Crippen LogP contribution in [0.1, 0.15) is 42.5 Å². The SMILES string of the molecule is COc1c(O)cc(Br)cc1C(=O)NC[C@@H]1CCCN2CCCC[C@H]12. The third-order valence-electron chi connectivity index (χ3n) is 5.24. The van der Waals surface area contributed by atoms with Crippen molar-refractivity contribution >= 4 is 21.8 Å². The fourth-order valence-corrected chi connectivity index (χ4v) is 4.54. The number of fused-ring (bicyclic) bond motifs is 1. The monoisotopic (exact) mass is 396 g/mol. The molecule has 0 radical (unpaired) electrons. The number of nitrogens with one attached hydrogen (secondary N) is 1. The standard InChI is InChI=1S/C18H25BrN2O3/c1-24-17-14(9-13(19)10-16(17)22)18(23)20-11-12-5-4-8-21-7-3-2-6-15(12)21/h9-10,12,15,22H,2-8,11H2,1H3,(H,20,23)/t12-,15+/m0/s1. The molecule has 2 aliphatic heterocycles. The van der Waals surface area contributed by atoms with Gasteiger partial charge in [0.05, 0.1) is 12.7 Å². The van der Waals surface area contributed by atoms with Crippen LogP contribution in [0.25, 0.3) is 0 Å². The molecule has 1 aromatic carbocycles. The Bertz CT molecular complexity index is 606. The van der Waals surface area contributed by atoms with Gasteiger partial charge in [0.1, 0.15) is 0 Å². The number of carbonyl (C=O) groups is 1. The van der Waals surface area contributed by atoms with Crippen molar-refractivity contribution in [1.82, 2.24) is 10.2 Å². The molecule has 0 saturated carbocycles. The van der Waals surface area contributed by atoms with Crippen LogP contribution in [0.4, 0.5) is 0 Å². The molecule has 2 atom stereocenters. The van der Waals surface area contributed by atoms with E-state index in [1.807, 2.05) is 0 Å². The number of phenolic OH excluding ortho intramolecular Hbond substituents is 1. The summed E-state index contributed by atoms with van der Waals surface area (Å²) in [5, 5.41) is 13.0. The highest BCUT2D eigenvalue weighted by Crippen LogP contribution is 2.34. The van der Waals surface area contributed by atoms with Crippen LogP contribution in [0.5, 0.6) is 11.5 Å². The maximum Gasteiger partial charge on any atom is 0.255 e. The number of carbonyl (C=O) groups excluding carboxylic acids is 1. The fraction of sp³-hybridized carbons (Fsp3) is 0.611. The highest BCUT2D eigenvalue weighted by Gasteiger charge is 2.33. The molecule has 1 amide bonds. The maximum atomic E-state index is 12.6. The Balaban J connectivity index is 1.67. The molecule has 2 fully saturated rings. The van der Waals surface area contributed by atoms with Gasteiger partial charge < -0.3 is 20.1 Å². The molecule has 0 aromatic heterocycles. The van der Waals surface area contributed by atoms with Crippen molar-refractivity contribution in [2.45, 2.75) is 38.1 Å². The Kier molecular flexibility index (Phi) is 5.66. The molecule has 132 valence electrons. The number of aromatic hydroxyl groups is 1. The van der Waals surface area contributed by atoms with E-state index in [0.29, 0.717) is 28.5 Å². The number of piperidine rings is 2. The van der Waals surface area contributed by atoms with Crippen molar-refractivity contribution in [2.24, 2.45) is 5.92 Å². The van der Waals surface area contributed by atoms with E-state index >= 15 is 0 Å². The second-order valence-electron chi connectivity index (χ2n) is 6.72. The third-order valence-corrected chi connectivity index (χ3v) is 5.69. The van der Waals surface area contributed by atoms with Gasteiger partial charge in [-0.15, -0.1) is 0 Å². The second-order valence-corrected chi connectivity index (χ2v) is 7.63. The van der Waals surface area contributed by atoms with Gasteiger partial charge in [-0.3, -0.25) is 4.79 Å². The summed E-state index contributed by atoms with van der Waals surface area (Å²) in [6.45, 7) is 3.07. The van der Waals surface area contributed by atoms with Gasteiger partial charge in [0, 0.05) is 17.1 Å². The van der Waals surface area contributed by atoms with Gasteiger partial charge in [0.15, 0.2) is 11.5 Å². The van der Waals surface area contributed by atoms with Gasteiger partial charge in [-0.05, 0) is 56.8 Å². The van der Waals surface area contributed by atoms with Gasteiger partial charge in [0.2, 0.25) is 0 Å². The third kappa shape index (κ3) is 3.70. The van der Waals surface area contributed by atoms with E-state index in [1.165, 1.54) is 58.4 Å². The normalized spacial score (nSPS) is 24.2. The minimum absolute atomic E-state index is 0.0341. The van der Waals surface area contributed by atoms with E-state index in [4.69, 9.17) is 4.74 Å². The molecule has 2 heterocycles. The molecular weight excluding hydrogens is 372 g/mol. The van der Waals surface area contributed by atoms with Crippen LogP contribution in [0.15, 0.2) is 16.6 Å². The molecule has 24 heavy (non-hydrogen) atoms. The summed E-state index contributed by atoms with van der Waals surface area (Å²) >= 11 is 3.32. The smallest absolute Gasteiger partial charge is 0.255 e. The minimum atomic E-state index is -0.198. The number of halogens is 1. The molecule has 1 aromatic rings. The van der Waals surface area contributed by atoms with E-state index in [2.05, 4.69) is 26.1 Å². The highest BCUT2D eigenvalue weighted by molar-refractivity contribution is 9.10. The number of hydrogen-bond acceptors (Lipinski definition) is 4. The number of methoxy groups -OCH3 is 1. The number of amides is 1. The summed E-state index contributed by atoms with van der Waals surface area (Å²) in [6, 6.07) is 3.81. The van der Waals surface area contributed by atoms with E-state index in [-0.39, 0.29) is 17.4 Å². The number of ether oxygens (including phenoxy) is 1. The maximum absolute atomic E-state index is 12.6. The first-order valence-corrected chi connectivity index (χ1v) is 9.48. The quantitative estimate of drug-likeness (QED) is 0.820. The summed E-state index contributed by atoms with van der Waals surface area (Å²) in [6.07, 6.45) is 6.20. The van der Waals surface area contributed by atoms with E-state index in [0.717, 1.165) is 0 Å². The molecule has 6 heteroatoms. The molecule has 0 unspecified atom stereocenters. The van der Waals surface area contributed by atoms with Crippen molar-refractivity contribution in [2.75, 3.05) is 26.7 Å². The lowest BCUT2D eigenvalue weighted by molar-refractivity contribution is 0.0575. The zero-order chi connectivity index (χ0) is 17.1. The summed E-state index contributed by atoms with van der Waals surface area (Å²) in [7, 11) is 1.46. The Morgan fingerprint density at radius 1 is 1.33 bits per heavy atom. The molecule has 3 rings (SSSR count). The predicted octanol–water partition coefficient (Wildman–Crippen LogP) is 3.16. The van der Waals surface area contributed by atoms with Crippen molar-refractivity contribution < 1.29 is 14.6 Å². The van der Waals surface area contributed by atoms with Gasteiger partial charge >= 0.3 is 0 Å². The van der Waals surface area contributed by atoms with Crippen LogP contribution in [-0.2, 0) is 0 Å². The second kappa shape index (κ2) is 7.74. The predicted molar refractivity (Wildman–Crippen MR) is 96.6 cm³/mol. The number of phenols is 1. The molecule has 5 nitrogen and oxygen atoms in total. The summed E-state index contributed by atoms with van der Waals surface area (Å²) in [5.41, 5.74) is 0.362. The number of nitrogens with zero attached hydrogens (tertiary/aromatic N) is 1. The van der Waals surface area contributed by atoms with Gasteiger partial charge in [-0.25, -0.2) is 0 Å². The summed E-state index contributed by atoms with van der Waals surface area (Å²) in [4.78, 5) is 15.2. The van der Waals surface area contributed by atoms with Crippen LogP contribution in [-0.4, -0.2) is 48.7 Å². The fourth-order valence-electron chi connectivity index (χ4n) is 4.10. The van der Waals surface area contributed by atoms with Gasteiger partial charge in [0.25, 0.3) is 5.91 Å². The summed E-state index contributed by atoms with van der Waals surface area (Å²) < 4.78 is 5.84. The van der Waals surface area contributed by atoms with Gasteiger partial charge in [-0.1, -0.05) is 22.4 Å². The van der Waals surface area contributed by atoms with E-state index < -0.39 is 0 Å². The Morgan fingerprint density at radius 2 is 2.12 bits per heavy atom. The Hall–Kier alpha value is -1.27. The lowest BCUT2D eigenvalue weighted by Gasteiger charge is -2.44. The molecule has 0 spiro atoms. The van der Waals surface area contributed by atoms with E-state index in [9.17, 15) is 9.90 Å². The molecule has 2 N–H and O–H groups in total. The van der Waals surface area contributed by atoms with Crippen LogP contribution in [0.2, 0.25) is 0 Å². The summed E-state index contributed by atoms with van der Waals surface area (Å²) in [5.74, 6) is 0.498. The minimum Gasteiger partial charge on any atom is -0.504 e. The topological polar surface area (TPSA) is 61.8 Å². The number of benzene rings is 1. The number of rotatable bonds is 4. The largest absolute Gasteiger partial charge is 0.504 e. The first kappa shape index (κ1) is 17.5. The van der Waals surface area contributed by atoms with Crippen molar-refractivity contribution in [3.63, 3.8) is 0 Å². The number of hydrogen-bond donors (Lipinski definition) is 2. The molecule has 2 aliphatic rings. The lowest BCUT2D eigenvalue weighted by Crippen LogP contribution is -2.51. The zero-order valence-corrected chi connectivity index (χ0v) is 15.6. The molecule has 0 bridgehead atoms. The van der Waals surface area contributed by atoms with Crippen LogP contribution in [0, 0.1) is 5.92 Å². The average Bonchev–Trinajstić information content (AvgIpc) is 2.59. The van der Waals surface area contributed by atoms with Crippen molar-refractivity contribution in [3.8, 4) is 11.5 Å². The van der Waals surface area contributed by atoms with Crippen LogP contribution >= 0.6 is 15.9 Å². The van der Waals surface area contributed by atoms with Crippen LogP contribution in [0.3, 0.4) is 0 Å². The van der Waals surface area contributed by atoms with Crippen LogP contribution < -0.4 is 10.1 Å². The van der Waals surface area contributed by atoms with Crippen molar-refractivity contribution in [3.05, 3.63) is 22.2 Å². The average molecular weight is 397 g/mol. The Morgan fingerprint density at radius 3 is 2.92 bits per heavy atom.